The van der Waals surface area contributed by atoms with E-state index in [0.717, 1.165) is 62.0 Å². The van der Waals surface area contributed by atoms with Crippen molar-refractivity contribution in [3.05, 3.63) is 83.4 Å². The summed E-state index contributed by atoms with van der Waals surface area (Å²) < 4.78 is 28.3. The molecule has 2 amide bonds. The van der Waals surface area contributed by atoms with Gasteiger partial charge in [-0.25, -0.2) is 13.1 Å². The number of benzene rings is 3. The van der Waals surface area contributed by atoms with Crippen molar-refractivity contribution in [3.63, 3.8) is 0 Å². The van der Waals surface area contributed by atoms with E-state index < -0.39 is 22.0 Å². The first kappa shape index (κ1) is 34.8. The smallest absolute Gasteiger partial charge is 0.264 e. The maximum Gasteiger partial charge on any atom is 0.264 e. The average molecular weight is 649 g/mol. The molecule has 0 saturated heterocycles. The number of phenols is 1. The highest BCUT2D eigenvalue weighted by Gasteiger charge is 2.30. The Labute approximate surface area is 273 Å². The van der Waals surface area contributed by atoms with Crippen LogP contribution in [0.15, 0.2) is 71.6 Å². The number of anilines is 2. The van der Waals surface area contributed by atoms with Gasteiger partial charge in [-0.15, -0.1) is 0 Å². The van der Waals surface area contributed by atoms with E-state index in [0.29, 0.717) is 23.6 Å². The van der Waals surface area contributed by atoms with Gasteiger partial charge in [-0.3, -0.25) is 9.59 Å². The van der Waals surface area contributed by atoms with E-state index in [-0.39, 0.29) is 28.9 Å². The van der Waals surface area contributed by atoms with E-state index in [1.807, 2.05) is 31.3 Å². The van der Waals surface area contributed by atoms with Gasteiger partial charge in [0.25, 0.3) is 15.9 Å². The minimum atomic E-state index is -4.05. The lowest BCUT2D eigenvalue weighted by Crippen LogP contribution is -2.45. The molecule has 1 unspecified atom stereocenters. The second kappa shape index (κ2) is 16.0. The number of phenolic OH excluding ortho intramolecular Hbond substituents is 1. The molecule has 1 aliphatic rings. The average Bonchev–Trinajstić information content (AvgIpc) is 3.03. The van der Waals surface area contributed by atoms with E-state index >= 15 is 0 Å². The van der Waals surface area contributed by atoms with Gasteiger partial charge in [0, 0.05) is 38.2 Å². The standard InChI is InChI=1S/C36H48N4O5S/c1-25(2)20-21-40(4)33-19-16-29(22-32(33)37-24-27-14-17-30(41)18-15-27)36(43)38-31(28-11-6-5-7-12-28)23-35(42)39-46(44,45)34-13-9-8-10-26(34)3/h8-10,13-19,22,25,28,31,37,41H,5-7,11-12,20-21,23-24H2,1-4H3,(H,38,43)(H,39,42). The van der Waals surface area contributed by atoms with Crippen LogP contribution in [0.2, 0.25) is 0 Å². The third kappa shape index (κ3) is 9.72. The molecule has 46 heavy (non-hydrogen) atoms. The predicted octanol–water partition coefficient (Wildman–Crippen LogP) is 6.37. The van der Waals surface area contributed by atoms with Crippen LogP contribution in [0.1, 0.15) is 80.3 Å². The maximum absolute atomic E-state index is 13.8. The first-order valence-electron chi connectivity index (χ1n) is 16.2. The van der Waals surface area contributed by atoms with Gasteiger partial charge in [0.2, 0.25) is 5.91 Å². The second-order valence-corrected chi connectivity index (χ2v) is 14.5. The van der Waals surface area contributed by atoms with Crippen LogP contribution in [0.4, 0.5) is 11.4 Å². The number of carbonyl (C=O) groups is 2. The molecule has 4 N–H and O–H groups in total. The fourth-order valence-corrected chi connectivity index (χ4v) is 7.21. The van der Waals surface area contributed by atoms with Gasteiger partial charge in [-0.05, 0) is 85.5 Å². The molecule has 1 aliphatic carbocycles. The van der Waals surface area contributed by atoms with Crippen molar-refractivity contribution in [2.45, 2.75) is 83.2 Å². The molecule has 0 aliphatic heterocycles. The Kier molecular flexibility index (Phi) is 12.1. The van der Waals surface area contributed by atoms with Crippen molar-refractivity contribution in [2.75, 3.05) is 23.8 Å². The zero-order valence-electron chi connectivity index (χ0n) is 27.4. The molecule has 1 fully saturated rings. The summed E-state index contributed by atoms with van der Waals surface area (Å²) >= 11 is 0. The normalized spacial score (nSPS) is 14.5. The molecule has 248 valence electrons. The maximum atomic E-state index is 13.8. The molecule has 1 saturated carbocycles. The monoisotopic (exact) mass is 648 g/mol. The first-order valence-corrected chi connectivity index (χ1v) is 17.7. The number of nitrogens with zero attached hydrogens (tertiary/aromatic N) is 1. The Hall–Kier alpha value is -4.05. The molecule has 3 aromatic carbocycles. The molecule has 0 aromatic heterocycles. The summed E-state index contributed by atoms with van der Waals surface area (Å²) in [4.78, 5) is 29.2. The lowest BCUT2D eigenvalue weighted by molar-refractivity contribution is -0.120. The van der Waals surface area contributed by atoms with Gasteiger partial charge in [-0.1, -0.05) is 63.4 Å². The SMILES string of the molecule is Cc1ccccc1S(=O)(=O)NC(=O)CC(NC(=O)c1ccc(N(C)CCC(C)C)c(NCc2ccc(O)cc2)c1)C1CCCCC1. The summed E-state index contributed by atoms with van der Waals surface area (Å²) in [6.45, 7) is 7.40. The number of aryl methyl sites for hydroxylation is 1. The largest absolute Gasteiger partial charge is 0.508 e. The van der Waals surface area contributed by atoms with E-state index in [4.69, 9.17) is 0 Å². The summed E-state index contributed by atoms with van der Waals surface area (Å²) in [6, 6.07) is 18.6. The Morgan fingerprint density at radius 1 is 0.978 bits per heavy atom. The van der Waals surface area contributed by atoms with Gasteiger partial charge in [0.15, 0.2) is 0 Å². The predicted molar refractivity (Wildman–Crippen MR) is 184 cm³/mol. The molecule has 3 aromatic rings. The molecule has 10 heteroatoms. The van der Waals surface area contributed by atoms with Crippen molar-refractivity contribution in [3.8, 4) is 5.75 Å². The highest BCUT2D eigenvalue weighted by Crippen LogP contribution is 2.30. The molecule has 0 spiro atoms. The van der Waals surface area contributed by atoms with E-state index in [1.54, 1.807) is 43.3 Å². The summed E-state index contributed by atoms with van der Waals surface area (Å²) in [6.07, 6.45) is 5.71. The van der Waals surface area contributed by atoms with Gasteiger partial charge < -0.3 is 20.6 Å². The van der Waals surface area contributed by atoms with Crippen LogP contribution in [-0.2, 0) is 21.4 Å². The number of aromatic hydroxyl groups is 1. The highest BCUT2D eigenvalue weighted by atomic mass is 32.2. The Morgan fingerprint density at radius 3 is 2.35 bits per heavy atom. The molecular weight excluding hydrogens is 600 g/mol. The third-order valence-corrected chi connectivity index (χ3v) is 10.2. The minimum absolute atomic E-state index is 0.0624. The van der Waals surface area contributed by atoms with Crippen LogP contribution < -0.4 is 20.3 Å². The summed E-state index contributed by atoms with van der Waals surface area (Å²) in [7, 11) is -2.01. The fourth-order valence-electron chi connectivity index (χ4n) is 5.96. The molecular formula is C36H48N4O5S. The second-order valence-electron chi connectivity index (χ2n) is 12.8. The topological polar surface area (TPSA) is 128 Å². The van der Waals surface area contributed by atoms with E-state index in [9.17, 15) is 23.1 Å². The van der Waals surface area contributed by atoms with Crippen molar-refractivity contribution < 1.29 is 23.1 Å². The molecule has 1 atom stereocenters. The van der Waals surface area contributed by atoms with Gasteiger partial charge in [-0.2, -0.15) is 0 Å². The first-order chi connectivity index (χ1) is 21.9. The third-order valence-electron chi connectivity index (χ3n) is 8.70. The summed E-state index contributed by atoms with van der Waals surface area (Å²) in [5, 5.41) is 16.2. The van der Waals surface area contributed by atoms with Crippen molar-refractivity contribution >= 4 is 33.2 Å². The number of hydrogen-bond donors (Lipinski definition) is 4. The molecule has 0 bridgehead atoms. The number of hydrogen-bond acceptors (Lipinski definition) is 7. The van der Waals surface area contributed by atoms with E-state index in [1.165, 1.54) is 6.07 Å². The molecule has 0 radical (unpaired) electrons. The lowest BCUT2D eigenvalue weighted by Gasteiger charge is -2.31. The zero-order valence-corrected chi connectivity index (χ0v) is 28.2. The molecule has 4 rings (SSSR count). The summed E-state index contributed by atoms with van der Waals surface area (Å²) in [5.41, 5.74) is 3.73. The Balaban J connectivity index is 1.54. The van der Waals surface area contributed by atoms with Crippen LogP contribution in [-0.4, -0.2) is 45.0 Å². The van der Waals surface area contributed by atoms with Crippen LogP contribution in [0, 0.1) is 18.8 Å². The zero-order chi connectivity index (χ0) is 33.3. The van der Waals surface area contributed by atoms with Crippen molar-refractivity contribution in [2.24, 2.45) is 11.8 Å². The van der Waals surface area contributed by atoms with Gasteiger partial charge in [0.05, 0.1) is 16.3 Å². The van der Waals surface area contributed by atoms with Crippen LogP contribution >= 0.6 is 0 Å². The lowest BCUT2D eigenvalue weighted by atomic mass is 9.82. The quantitative estimate of drug-likeness (QED) is 0.160. The fraction of sp³-hybridized carbons (Fsp3) is 0.444. The number of sulfonamides is 1. The van der Waals surface area contributed by atoms with Gasteiger partial charge >= 0.3 is 0 Å². The Morgan fingerprint density at radius 2 is 1.67 bits per heavy atom. The van der Waals surface area contributed by atoms with Crippen molar-refractivity contribution in [1.29, 1.82) is 0 Å². The summed E-state index contributed by atoms with van der Waals surface area (Å²) in [5.74, 6) is -0.142. The van der Waals surface area contributed by atoms with Crippen LogP contribution in [0.5, 0.6) is 5.75 Å². The highest BCUT2D eigenvalue weighted by molar-refractivity contribution is 7.90. The van der Waals surface area contributed by atoms with Crippen LogP contribution in [0.25, 0.3) is 0 Å². The number of carbonyl (C=O) groups excluding carboxylic acids is 2. The Bertz CT molecular complexity index is 1580. The van der Waals surface area contributed by atoms with E-state index in [2.05, 4.69) is 34.1 Å². The minimum Gasteiger partial charge on any atom is -0.508 e. The van der Waals surface area contributed by atoms with Gasteiger partial charge in [0.1, 0.15) is 5.75 Å². The number of rotatable bonds is 14. The number of nitrogens with one attached hydrogen (secondary N) is 3. The number of amides is 2. The van der Waals surface area contributed by atoms with Crippen LogP contribution in [0.3, 0.4) is 0 Å². The molecule has 0 heterocycles. The molecule has 9 nitrogen and oxygen atoms in total. The van der Waals surface area contributed by atoms with Crippen molar-refractivity contribution in [1.82, 2.24) is 10.0 Å².